The van der Waals surface area contributed by atoms with Gasteiger partial charge in [0.15, 0.2) is 0 Å². The molecule has 0 bridgehead atoms. The van der Waals surface area contributed by atoms with Gasteiger partial charge in [-0.25, -0.2) is 9.23 Å². The van der Waals surface area contributed by atoms with E-state index in [4.69, 9.17) is 11.8 Å². The fraction of sp³-hybridized carbons (Fsp3) is 0.462. The molecule has 2 N–H and O–H groups in total. The van der Waals surface area contributed by atoms with Crippen LogP contribution in [0.5, 0.6) is 0 Å². The van der Waals surface area contributed by atoms with Crippen LogP contribution in [0.1, 0.15) is 25.5 Å². The Bertz CT molecular complexity index is 410. The van der Waals surface area contributed by atoms with Gasteiger partial charge in [0.25, 0.3) is 0 Å². The lowest BCUT2D eigenvalue weighted by atomic mass is 10.0. The molecule has 1 amide bonds. The average Bonchev–Trinajstić information content (AvgIpc) is 2.41. The molecule has 4 nitrogen and oxygen atoms in total. The molecule has 0 radical (unpaired) electrons. The minimum Gasteiger partial charge on any atom is -0.386 e. The topological polar surface area (TPSA) is 52.6 Å². The van der Waals surface area contributed by atoms with E-state index in [-0.39, 0.29) is 5.91 Å². The molecule has 106 valence electrons. The molecule has 19 heavy (non-hydrogen) atoms. The monoisotopic (exact) mass is 288 g/mol. The number of benzene rings is 1. The smallest absolute Gasteiger partial charge is 0.243 e. The minimum atomic E-state index is -1.13. The number of nitrogens with zero attached hydrogens (tertiary/aromatic N) is 1. The highest BCUT2D eigenvalue weighted by Crippen LogP contribution is 2.19. The number of carbonyl (C=O) groups is 1. The molecule has 1 aromatic carbocycles. The summed E-state index contributed by atoms with van der Waals surface area (Å²) < 4.78 is 12.8. The van der Waals surface area contributed by atoms with Crippen molar-refractivity contribution in [2.75, 3.05) is 13.1 Å². The van der Waals surface area contributed by atoms with Crippen molar-refractivity contribution < 1.29 is 14.3 Å². The number of hydrogen-bond acceptors (Lipinski definition) is 3. The van der Waals surface area contributed by atoms with Crippen molar-refractivity contribution in [2.24, 2.45) is 0 Å². The second-order valence-electron chi connectivity index (χ2n) is 4.09. The maximum Gasteiger partial charge on any atom is 0.243 e. The fourth-order valence-electron chi connectivity index (χ4n) is 1.83. The molecule has 0 saturated heterocycles. The molecule has 0 aromatic heterocycles. The molecule has 0 spiro atoms. The zero-order valence-electron chi connectivity index (χ0n) is 10.9. The van der Waals surface area contributed by atoms with Gasteiger partial charge in [0.1, 0.15) is 18.0 Å². The zero-order valence-corrected chi connectivity index (χ0v) is 11.7. The Morgan fingerprint density at radius 3 is 2.32 bits per heavy atom. The SMILES string of the molecule is CCN(CC)C(=O)[C@H](NCl)[C@@H](O)c1ccc(F)cc1. The van der Waals surface area contributed by atoms with E-state index in [1.54, 1.807) is 4.90 Å². The number of aliphatic hydroxyl groups excluding tert-OH is 1. The highest BCUT2D eigenvalue weighted by atomic mass is 35.5. The summed E-state index contributed by atoms with van der Waals surface area (Å²) in [4.78, 5) is 16.0. The number of likely N-dealkylation sites (N-methyl/N-ethyl adjacent to an activating group) is 1. The Kier molecular flexibility index (Phi) is 6.21. The number of amides is 1. The molecule has 0 unspecified atom stereocenters. The number of carbonyl (C=O) groups excluding carboxylic acids is 1. The van der Waals surface area contributed by atoms with Crippen LogP contribution in [-0.4, -0.2) is 35.0 Å². The third-order valence-corrected chi connectivity index (χ3v) is 3.22. The van der Waals surface area contributed by atoms with Crippen molar-refractivity contribution in [3.8, 4) is 0 Å². The normalized spacial score (nSPS) is 13.9. The predicted octanol–water partition coefficient (Wildman–Crippen LogP) is 1.84. The van der Waals surface area contributed by atoms with Gasteiger partial charge in [-0.05, 0) is 43.3 Å². The van der Waals surface area contributed by atoms with Crippen LogP contribution in [0, 0.1) is 5.82 Å². The number of nitrogens with one attached hydrogen (secondary N) is 1. The zero-order chi connectivity index (χ0) is 14.4. The summed E-state index contributed by atoms with van der Waals surface area (Å²) in [5.41, 5.74) is 0.431. The second kappa shape index (κ2) is 7.43. The second-order valence-corrected chi connectivity index (χ2v) is 4.31. The minimum absolute atomic E-state index is 0.295. The van der Waals surface area contributed by atoms with Crippen molar-refractivity contribution >= 4 is 17.7 Å². The molecular weight excluding hydrogens is 271 g/mol. The molecule has 1 rings (SSSR count). The Balaban J connectivity index is 2.90. The van der Waals surface area contributed by atoms with Crippen molar-refractivity contribution in [3.05, 3.63) is 35.6 Å². The number of rotatable bonds is 6. The molecule has 2 atom stereocenters. The largest absolute Gasteiger partial charge is 0.386 e. The van der Waals surface area contributed by atoms with Gasteiger partial charge in [0.2, 0.25) is 5.91 Å². The predicted molar refractivity (Wildman–Crippen MR) is 72.1 cm³/mol. The molecule has 0 aliphatic heterocycles. The van der Waals surface area contributed by atoms with Gasteiger partial charge < -0.3 is 10.0 Å². The van der Waals surface area contributed by atoms with E-state index < -0.39 is 18.0 Å². The highest BCUT2D eigenvalue weighted by Gasteiger charge is 2.30. The van der Waals surface area contributed by atoms with Crippen LogP contribution in [0.2, 0.25) is 0 Å². The fourth-order valence-corrected chi connectivity index (χ4v) is 2.04. The van der Waals surface area contributed by atoms with E-state index in [0.717, 1.165) is 0 Å². The standard InChI is InChI=1S/C13H18ClFN2O2/c1-3-17(4-2)13(19)11(16-14)12(18)9-5-7-10(15)8-6-9/h5-8,11-12,16,18H,3-4H2,1-2H3/t11-,12+/m1/s1. The van der Waals surface area contributed by atoms with Crippen LogP contribution in [0.25, 0.3) is 0 Å². The first-order valence-corrected chi connectivity index (χ1v) is 6.51. The average molecular weight is 289 g/mol. The van der Waals surface area contributed by atoms with Crippen molar-refractivity contribution in [1.82, 2.24) is 9.74 Å². The maximum absolute atomic E-state index is 12.8. The van der Waals surface area contributed by atoms with Gasteiger partial charge in [-0.1, -0.05) is 12.1 Å². The summed E-state index contributed by atoms with van der Waals surface area (Å²) in [6, 6.07) is 4.34. The van der Waals surface area contributed by atoms with Gasteiger partial charge in [0, 0.05) is 13.1 Å². The molecule has 1 aromatic rings. The Hall–Kier alpha value is -1.17. The van der Waals surface area contributed by atoms with Gasteiger partial charge in [-0.3, -0.25) is 4.79 Å². The van der Waals surface area contributed by atoms with Crippen LogP contribution >= 0.6 is 11.8 Å². The van der Waals surface area contributed by atoms with Gasteiger partial charge in [-0.2, -0.15) is 0 Å². The van der Waals surface area contributed by atoms with Crippen molar-refractivity contribution in [1.29, 1.82) is 0 Å². The van der Waals surface area contributed by atoms with Crippen molar-refractivity contribution in [2.45, 2.75) is 26.0 Å². The summed E-state index contributed by atoms with van der Waals surface area (Å²) in [6.45, 7) is 4.75. The van der Waals surface area contributed by atoms with Crippen molar-refractivity contribution in [3.63, 3.8) is 0 Å². The summed E-state index contributed by atoms with van der Waals surface area (Å²) in [6.07, 6.45) is -1.13. The molecule has 0 heterocycles. The van der Waals surface area contributed by atoms with E-state index in [1.165, 1.54) is 24.3 Å². The van der Waals surface area contributed by atoms with Gasteiger partial charge in [0.05, 0.1) is 0 Å². The first-order chi connectivity index (χ1) is 9.04. The van der Waals surface area contributed by atoms with E-state index in [9.17, 15) is 14.3 Å². The summed E-state index contributed by atoms with van der Waals surface area (Å²) in [5, 5.41) is 10.2. The van der Waals surface area contributed by atoms with E-state index in [1.807, 2.05) is 13.8 Å². The lowest BCUT2D eigenvalue weighted by Gasteiger charge is -2.27. The molecule has 6 heteroatoms. The Morgan fingerprint density at radius 1 is 1.37 bits per heavy atom. The van der Waals surface area contributed by atoms with E-state index in [0.29, 0.717) is 18.7 Å². The van der Waals surface area contributed by atoms with Crippen LogP contribution < -0.4 is 4.84 Å². The number of aliphatic hydroxyl groups is 1. The summed E-state index contributed by atoms with van der Waals surface area (Å²) in [7, 11) is 0. The highest BCUT2D eigenvalue weighted by molar-refractivity contribution is 6.15. The number of halogens is 2. The number of hydrogen-bond donors (Lipinski definition) is 2. The molecular formula is C13H18ClFN2O2. The van der Waals surface area contributed by atoms with E-state index >= 15 is 0 Å². The third-order valence-electron chi connectivity index (χ3n) is 2.99. The molecule has 0 aliphatic rings. The maximum atomic E-state index is 12.8. The summed E-state index contributed by atoms with van der Waals surface area (Å²) >= 11 is 5.56. The Morgan fingerprint density at radius 2 is 1.89 bits per heavy atom. The van der Waals surface area contributed by atoms with Gasteiger partial charge in [-0.15, -0.1) is 0 Å². The quantitative estimate of drug-likeness (QED) is 0.786. The molecule has 0 fully saturated rings. The van der Waals surface area contributed by atoms with Crippen LogP contribution in [-0.2, 0) is 4.79 Å². The summed E-state index contributed by atoms with van der Waals surface area (Å²) in [5.74, 6) is -0.696. The molecule has 0 aliphatic carbocycles. The first kappa shape index (κ1) is 15.9. The van der Waals surface area contributed by atoms with Crippen LogP contribution in [0.15, 0.2) is 24.3 Å². The van der Waals surface area contributed by atoms with Crippen LogP contribution in [0.3, 0.4) is 0 Å². The van der Waals surface area contributed by atoms with Crippen LogP contribution in [0.4, 0.5) is 4.39 Å². The Labute approximate surface area is 117 Å². The van der Waals surface area contributed by atoms with Gasteiger partial charge >= 0.3 is 0 Å². The lowest BCUT2D eigenvalue weighted by molar-refractivity contribution is -0.135. The third kappa shape index (κ3) is 3.89. The van der Waals surface area contributed by atoms with E-state index in [2.05, 4.69) is 4.84 Å². The lowest BCUT2D eigenvalue weighted by Crippen LogP contribution is -2.46. The first-order valence-electron chi connectivity index (χ1n) is 6.13. The molecule has 0 saturated carbocycles.